The van der Waals surface area contributed by atoms with Crippen LogP contribution in [0.25, 0.3) is 0 Å². The van der Waals surface area contributed by atoms with Gasteiger partial charge in [-0.2, -0.15) is 10.2 Å². The maximum Gasteiger partial charge on any atom is 0.272 e. The quantitative estimate of drug-likeness (QED) is 0.930. The van der Waals surface area contributed by atoms with Gasteiger partial charge in [-0.15, -0.1) is 0 Å². The van der Waals surface area contributed by atoms with Gasteiger partial charge in [0.05, 0.1) is 0 Å². The molecule has 1 atom stereocenters. The molecule has 7 heteroatoms. The lowest BCUT2D eigenvalue weighted by molar-refractivity contribution is 0.0693. The number of amides is 1. The first-order valence-electron chi connectivity index (χ1n) is 7.92. The van der Waals surface area contributed by atoms with Crippen molar-refractivity contribution < 1.29 is 4.79 Å². The van der Waals surface area contributed by atoms with Gasteiger partial charge in [0.2, 0.25) is 0 Å². The van der Waals surface area contributed by atoms with Crippen LogP contribution in [-0.2, 0) is 7.05 Å². The third-order valence-corrected chi connectivity index (χ3v) is 4.60. The molecule has 0 radical (unpaired) electrons. The maximum atomic E-state index is 12.6. The van der Waals surface area contributed by atoms with Gasteiger partial charge in [0.1, 0.15) is 11.5 Å². The maximum absolute atomic E-state index is 12.6. The number of aryl methyl sites for hydroxylation is 1. The molecule has 0 aromatic carbocycles. The standard InChI is InChI=1S/C15H20N6O/c1-20-12(6-7-16-20)15(22)21-8-2-3-11(9-21)14-17-13(18-19-14)10-4-5-10/h6-7,10-11H,2-5,8-9H2,1H3,(H,17,18,19)/t11-/m1/s1. The number of H-pyrrole nitrogens is 1. The third-order valence-electron chi connectivity index (χ3n) is 4.60. The van der Waals surface area contributed by atoms with Crippen LogP contribution in [0.15, 0.2) is 12.3 Å². The molecule has 2 aromatic heterocycles. The smallest absolute Gasteiger partial charge is 0.272 e. The van der Waals surface area contributed by atoms with Crippen molar-refractivity contribution in [3.05, 3.63) is 29.6 Å². The Hall–Kier alpha value is -2.18. The predicted molar refractivity (Wildman–Crippen MR) is 79.4 cm³/mol. The van der Waals surface area contributed by atoms with E-state index >= 15 is 0 Å². The van der Waals surface area contributed by atoms with Crippen LogP contribution in [0.3, 0.4) is 0 Å². The van der Waals surface area contributed by atoms with E-state index < -0.39 is 0 Å². The molecule has 1 saturated heterocycles. The molecule has 1 amide bonds. The Morgan fingerprint density at radius 3 is 2.91 bits per heavy atom. The van der Waals surface area contributed by atoms with E-state index in [1.807, 2.05) is 4.90 Å². The molecule has 1 aliphatic carbocycles. The number of likely N-dealkylation sites (tertiary alicyclic amines) is 1. The molecule has 1 saturated carbocycles. The second-order valence-electron chi connectivity index (χ2n) is 6.28. The number of aromatic amines is 1. The van der Waals surface area contributed by atoms with Gasteiger partial charge in [-0.1, -0.05) is 0 Å². The summed E-state index contributed by atoms with van der Waals surface area (Å²) in [6, 6.07) is 1.77. The van der Waals surface area contributed by atoms with Gasteiger partial charge in [0, 0.05) is 38.2 Å². The van der Waals surface area contributed by atoms with E-state index in [4.69, 9.17) is 0 Å². The van der Waals surface area contributed by atoms with E-state index in [1.54, 1.807) is 24.0 Å². The van der Waals surface area contributed by atoms with Gasteiger partial charge in [-0.3, -0.25) is 14.6 Å². The minimum atomic E-state index is 0.0441. The third kappa shape index (κ3) is 2.40. The summed E-state index contributed by atoms with van der Waals surface area (Å²) < 4.78 is 1.63. The molecule has 116 valence electrons. The molecule has 7 nitrogen and oxygen atoms in total. The Morgan fingerprint density at radius 1 is 1.32 bits per heavy atom. The van der Waals surface area contributed by atoms with Crippen molar-refractivity contribution in [2.45, 2.75) is 37.5 Å². The summed E-state index contributed by atoms with van der Waals surface area (Å²) >= 11 is 0. The molecule has 1 aliphatic heterocycles. The zero-order chi connectivity index (χ0) is 15.1. The number of nitrogens with one attached hydrogen (secondary N) is 1. The Labute approximate surface area is 128 Å². The fourth-order valence-corrected chi connectivity index (χ4v) is 3.13. The van der Waals surface area contributed by atoms with E-state index in [0.29, 0.717) is 18.2 Å². The van der Waals surface area contributed by atoms with Crippen molar-refractivity contribution in [1.82, 2.24) is 29.9 Å². The monoisotopic (exact) mass is 300 g/mol. The predicted octanol–water partition coefficient (Wildman–Crippen LogP) is 1.44. The van der Waals surface area contributed by atoms with Crippen molar-refractivity contribution in [3.8, 4) is 0 Å². The summed E-state index contributed by atoms with van der Waals surface area (Å²) in [5, 5.41) is 11.5. The molecule has 2 aromatic rings. The highest BCUT2D eigenvalue weighted by atomic mass is 16.2. The molecule has 4 rings (SSSR count). The van der Waals surface area contributed by atoms with E-state index in [9.17, 15) is 4.79 Å². The number of piperidine rings is 1. The summed E-state index contributed by atoms with van der Waals surface area (Å²) in [5.74, 6) is 2.74. The molecule has 3 heterocycles. The van der Waals surface area contributed by atoms with E-state index in [2.05, 4.69) is 20.3 Å². The lowest BCUT2D eigenvalue weighted by Crippen LogP contribution is -2.40. The first-order valence-corrected chi connectivity index (χ1v) is 7.92. The van der Waals surface area contributed by atoms with Gasteiger partial charge in [-0.05, 0) is 31.7 Å². The Balaban J connectivity index is 1.49. The van der Waals surface area contributed by atoms with Crippen molar-refractivity contribution in [2.24, 2.45) is 7.05 Å². The van der Waals surface area contributed by atoms with Crippen molar-refractivity contribution in [3.63, 3.8) is 0 Å². The molecule has 0 unspecified atom stereocenters. The minimum absolute atomic E-state index is 0.0441. The summed E-state index contributed by atoms with van der Waals surface area (Å²) in [5.41, 5.74) is 0.634. The SMILES string of the molecule is Cn1nccc1C(=O)N1CCC[C@@H](c2n[nH]c(C3CC3)n2)C1. The van der Waals surface area contributed by atoms with Gasteiger partial charge in [-0.25, -0.2) is 4.98 Å². The molecular formula is C15H20N6O. The van der Waals surface area contributed by atoms with Gasteiger partial charge in [0.25, 0.3) is 5.91 Å². The van der Waals surface area contributed by atoms with Crippen LogP contribution in [0.2, 0.25) is 0 Å². The average molecular weight is 300 g/mol. The fourth-order valence-electron chi connectivity index (χ4n) is 3.13. The first kappa shape index (κ1) is 13.5. The highest BCUT2D eigenvalue weighted by molar-refractivity contribution is 5.92. The van der Waals surface area contributed by atoms with E-state index in [0.717, 1.165) is 31.0 Å². The topological polar surface area (TPSA) is 79.7 Å². The fraction of sp³-hybridized carbons (Fsp3) is 0.600. The summed E-state index contributed by atoms with van der Waals surface area (Å²) in [4.78, 5) is 19.1. The van der Waals surface area contributed by atoms with Crippen LogP contribution < -0.4 is 0 Å². The van der Waals surface area contributed by atoms with Crippen molar-refractivity contribution >= 4 is 5.91 Å². The summed E-state index contributed by atoms with van der Waals surface area (Å²) in [6.45, 7) is 1.48. The Morgan fingerprint density at radius 2 is 2.18 bits per heavy atom. The number of carbonyl (C=O) groups excluding carboxylic acids is 1. The molecule has 2 aliphatic rings. The molecule has 1 N–H and O–H groups in total. The number of hydrogen-bond donors (Lipinski definition) is 1. The molecule has 2 fully saturated rings. The highest BCUT2D eigenvalue weighted by Gasteiger charge is 2.31. The second kappa shape index (κ2) is 5.23. The zero-order valence-corrected chi connectivity index (χ0v) is 12.7. The molecule has 0 bridgehead atoms. The van der Waals surface area contributed by atoms with Crippen LogP contribution in [0, 0.1) is 0 Å². The van der Waals surface area contributed by atoms with E-state index in [1.165, 1.54) is 12.8 Å². The summed E-state index contributed by atoms with van der Waals surface area (Å²) in [6.07, 6.45) is 6.11. The lowest BCUT2D eigenvalue weighted by Gasteiger charge is -2.31. The first-order chi connectivity index (χ1) is 10.7. The van der Waals surface area contributed by atoms with Crippen molar-refractivity contribution in [1.29, 1.82) is 0 Å². The number of carbonyl (C=O) groups is 1. The lowest BCUT2D eigenvalue weighted by atomic mass is 9.97. The molecule has 22 heavy (non-hydrogen) atoms. The number of nitrogens with zero attached hydrogens (tertiary/aromatic N) is 5. The van der Waals surface area contributed by atoms with Crippen LogP contribution in [0.1, 0.15) is 59.7 Å². The largest absolute Gasteiger partial charge is 0.337 e. The van der Waals surface area contributed by atoms with Crippen LogP contribution in [0.4, 0.5) is 0 Å². The van der Waals surface area contributed by atoms with Crippen molar-refractivity contribution in [2.75, 3.05) is 13.1 Å². The Kier molecular flexibility index (Phi) is 3.20. The number of aromatic nitrogens is 5. The molecular weight excluding hydrogens is 280 g/mol. The zero-order valence-electron chi connectivity index (χ0n) is 12.7. The normalized spacial score (nSPS) is 22.0. The van der Waals surface area contributed by atoms with Gasteiger partial charge >= 0.3 is 0 Å². The minimum Gasteiger partial charge on any atom is -0.337 e. The second-order valence-corrected chi connectivity index (χ2v) is 6.28. The number of rotatable bonds is 3. The van der Waals surface area contributed by atoms with Crippen LogP contribution in [-0.4, -0.2) is 48.9 Å². The van der Waals surface area contributed by atoms with Crippen LogP contribution >= 0.6 is 0 Å². The van der Waals surface area contributed by atoms with Gasteiger partial charge in [0.15, 0.2) is 5.82 Å². The molecule has 0 spiro atoms. The van der Waals surface area contributed by atoms with E-state index in [-0.39, 0.29) is 11.8 Å². The summed E-state index contributed by atoms with van der Waals surface area (Å²) in [7, 11) is 1.80. The Bertz CT molecular complexity index is 686. The highest BCUT2D eigenvalue weighted by Crippen LogP contribution is 2.38. The van der Waals surface area contributed by atoms with Crippen LogP contribution in [0.5, 0.6) is 0 Å². The average Bonchev–Trinajstić information content (AvgIpc) is 3.11. The number of hydrogen-bond acceptors (Lipinski definition) is 4. The van der Waals surface area contributed by atoms with Gasteiger partial charge < -0.3 is 4.90 Å².